The van der Waals surface area contributed by atoms with Gasteiger partial charge in [-0.15, -0.1) is 11.3 Å². The Morgan fingerprint density at radius 1 is 0.794 bits per heavy atom. The molecule has 0 unspecified atom stereocenters. The van der Waals surface area contributed by atoms with Gasteiger partial charge in [-0.3, -0.25) is 0 Å². The second kappa shape index (κ2) is 7.19. The number of phenols is 1. The maximum atomic E-state index is 11.4. The van der Waals surface area contributed by atoms with E-state index in [2.05, 4.69) is 81.6 Å². The van der Waals surface area contributed by atoms with Crippen LogP contribution >= 0.6 is 11.3 Å². The van der Waals surface area contributed by atoms with Gasteiger partial charge in [0, 0.05) is 15.7 Å². The Labute approximate surface area is 205 Å². The van der Waals surface area contributed by atoms with E-state index in [1.165, 1.54) is 28.7 Å². The van der Waals surface area contributed by atoms with E-state index in [0.29, 0.717) is 5.75 Å². The van der Waals surface area contributed by atoms with Crippen LogP contribution in [0.1, 0.15) is 63.6 Å². The third-order valence-electron chi connectivity index (χ3n) is 8.04. The number of hydrogen-bond acceptors (Lipinski definition) is 3. The van der Waals surface area contributed by atoms with Gasteiger partial charge in [-0.1, -0.05) is 58.0 Å². The van der Waals surface area contributed by atoms with Crippen molar-refractivity contribution < 1.29 is 10.2 Å². The minimum atomic E-state index is -0.116. The van der Waals surface area contributed by atoms with Gasteiger partial charge in [-0.2, -0.15) is 0 Å². The first-order valence-electron chi connectivity index (χ1n) is 12.2. The quantitative estimate of drug-likeness (QED) is 0.311. The van der Waals surface area contributed by atoms with E-state index in [1.54, 1.807) is 11.3 Å². The zero-order chi connectivity index (χ0) is 23.9. The highest BCUT2D eigenvalue weighted by Crippen LogP contribution is 2.64. The zero-order valence-corrected chi connectivity index (χ0v) is 21.2. The minimum Gasteiger partial charge on any atom is -0.507 e. The molecule has 0 radical (unpaired) electrons. The largest absolute Gasteiger partial charge is 0.507 e. The Morgan fingerprint density at radius 2 is 1.53 bits per heavy atom. The van der Waals surface area contributed by atoms with Gasteiger partial charge in [0.1, 0.15) is 5.75 Å². The number of thiophene rings is 1. The van der Waals surface area contributed by atoms with E-state index in [-0.39, 0.29) is 22.9 Å². The van der Waals surface area contributed by atoms with Gasteiger partial charge in [-0.25, -0.2) is 0 Å². The van der Waals surface area contributed by atoms with Crippen LogP contribution < -0.4 is 0 Å². The number of rotatable bonds is 2. The summed E-state index contributed by atoms with van der Waals surface area (Å²) in [5.74, 6) is 0.337. The summed E-state index contributed by atoms with van der Waals surface area (Å²) < 4.78 is 0. The van der Waals surface area contributed by atoms with Crippen molar-refractivity contribution in [3.8, 4) is 27.3 Å². The normalized spacial score (nSPS) is 19.3. The van der Waals surface area contributed by atoms with Crippen molar-refractivity contribution in [3.05, 3.63) is 76.7 Å². The molecule has 1 fully saturated rings. The number of hydrogen-bond donors (Lipinski definition) is 2. The monoisotopic (exact) mass is 468 g/mol. The summed E-state index contributed by atoms with van der Waals surface area (Å²) in [5.41, 5.74) is 7.35. The van der Waals surface area contributed by atoms with Crippen LogP contribution in [0.15, 0.2) is 60.0 Å². The fourth-order valence-electron chi connectivity index (χ4n) is 7.72. The van der Waals surface area contributed by atoms with Gasteiger partial charge in [0.15, 0.2) is 0 Å². The Hall–Kier alpha value is -2.62. The maximum absolute atomic E-state index is 11.4. The maximum Gasteiger partial charge on any atom is 0.123 e. The summed E-state index contributed by atoms with van der Waals surface area (Å²) in [6.07, 6.45) is 3.33. The lowest BCUT2D eigenvalue weighted by atomic mass is 9.52. The summed E-state index contributed by atoms with van der Waals surface area (Å²) >= 11 is 1.66. The minimum absolute atomic E-state index is 0.0273. The molecule has 1 heterocycles. The Kier molecular flexibility index (Phi) is 4.63. The Balaban J connectivity index is 1.70. The molecule has 3 aromatic carbocycles. The second-order valence-corrected chi connectivity index (χ2v) is 12.9. The van der Waals surface area contributed by atoms with Crippen LogP contribution in [0.25, 0.3) is 32.3 Å². The lowest BCUT2D eigenvalue weighted by Gasteiger charge is -2.51. The van der Waals surface area contributed by atoms with E-state index in [4.69, 9.17) is 0 Å². The molecule has 1 aromatic heterocycles. The molecule has 34 heavy (non-hydrogen) atoms. The summed E-state index contributed by atoms with van der Waals surface area (Å²) in [5, 5.41) is 25.7. The van der Waals surface area contributed by atoms with Gasteiger partial charge in [0.05, 0.1) is 6.61 Å². The van der Waals surface area contributed by atoms with Gasteiger partial charge in [0.25, 0.3) is 0 Å². The Morgan fingerprint density at radius 3 is 2.21 bits per heavy atom. The molecule has 0 bridgehead atoms. The van der Waals surface area contributed by atoms with Crippen molar-refractivity contribution in [2.45, 2.75) is 59.0 Å². The van der Waals surface area contributed by atoms with Gasteiger partial charge in [-0.05, 0) is 98.5 Å². The first-order valence-corrected chi connectivity index (χ1v) is 13.1. The van der Waals surface area contributed by atoms with E-state index in [0.717, 1.165) is 39.6 Å². The van der Waals surface area contributed by atoms with Gasteiger partial charge < -0.3 is 10.2 Å². The molecule has 0 atom stereocenters. The zero-order valence-electron chi connectivity index (χ0n) is 20.4. The van der Waals surface area contributed by atoms with Crippen LogP contribution in [0, 0.1) is 10.8 Å². The molecule has 174 valence electrons. The molecule has 6 rings (SSSR count). The number of aliphatic hydroxyl groups excluding tert-OH is 1. The SMILES string of the molecule is CC1(C)CC(C)(C)CC2(C1)c1ccccc1-c1c2cc(O)c2cc(-c3cccs3)c(CO)cc12. The topological polar surface area (TPSA) is 40.5 Å². The molecule has 2 aliphatic rings. The van der Waals surface area contributed by atoms with Crippen molar-refractivity contribution in [1.82, 2.24) is 0 Å². The first-order chi connectivity index (χ1) is 16.1. The van der Waals surface area contributed by atoms with E-state index in [9.17, 15) is 10.2 Å². The van der Waals surface area contributed by atoms with Crippen LogP contribution in [-0.2, 0) is 12.0 Å². The fraction of sp³-hybridized carbons (Fsp3) is 0.355. The molecule has 1 spiro atoms. The molecule has 2 N–H and O–H groups in total. The smallest absolute Gasteiger partial charge is 0.123 e. The molecular formula is C31H32O2S. The molecule has 2 aliphatic carbocycles. The summed E-state index contributed by atoms with van der Waals surface area (Å²) in [4.78, 5) is 1.11. The van der Waals surface area contributed by atoms with Crippen molar-refractivity contribution in [1.29, 1.82) is 0 Å². The highest BCUT2D eigenvalue weighted by atomic mass is 32.1. The molecule has 3 heteroatoms. The Bertz CT molecular complexity index is 1410. The fourth-order valence-corrected chi connectivity index (χ4v) is 8.49. The number of fused-ring (bicyclic) bond motifs is 7. The molecule has 2 nitrogen and oxygen atoms in total. The van der Waals surface area contributed by atoms with Crippen LogP contribution in [0.4, 0.5) is 0 Å². The summed E-state index contributed by atoms with van der Waals surface area (Å²) in [6.45, 7) is 9.56. The average molecular weight is 469 g/mol. The van der Waals surface area contributed by atoms with E-state index < -0.39 is 0 Å². The highest BCUT2D eigenvalue weighted by Gasteiger charge is 2.53. The summed E-state index contributed by atoms with van der Waals surface area (Å²) in [6, 6.07) is 19.2. The molecule has 1 saturated carbocycles. The van der Waals surface area contributed by atoms with Gasteiger partial charge >= 0.3 is 0 Å². The van der Waals surface area contributed by atoms with Crippen molar-refractivity contribution in [3.63, 3.8) is 0 Å². The van der Waals surface area contributed by atoms with Crippen molar-refractivity contribution in [2.24, 2.45) is 10.8 Å². The van der Waals surface area contributed by atoms with Crippen LogP contribution in [0.5, 0.6) is 5.75 Å². The van der Waals surface area contributed by atoms with Crippen molar-refractivity contribution >= 4 is 22.1 Å². The van der Waals surface area contributed by atoms with Gasteiger partial charge in [0.2, 0.25) is 0 Å². The van der Waals surface area contributed by atoms with Crippen LogP contribution in [-0.4, -0.2) is 10.2 Å². The number of aliphatic hydroxyl groups is 1. The van der Waals surface area contributed by atoms with Crippen LogP contribution in [0.2, 0.25) is 0 Å². The van der Waals surface area contributed by atoms with Crippen LogP contribution in [0.3, 0.4) is 0 Å². The second-order valence-electron chi connectivity index (χ2n) is 12.0. The predicted molar refractivity (Wildman–Crippen MR) is 142 cm³/mol. The number of phenolic OH excluding ortho intramolecular Hbond substituents is 1. The van der Waals surface area contributed by atoms with E-state index in [1.807, 2.05) is 6.07 Å². The third-order valence-corrected chi connectivity index (χ3v) is 8.94. The molecular weight excluding hydrogens is 436 g/mol. The van der Waals surface area contributed by atoms with E-state index >= 15 is 0 Å². The third kappa shape index (κ3) is 3.10. The van der Waals surface area contributed by atoms with Crippen molar-refractivity contribution in [2.75, 3.05) is 0 Å². The average Bonchev–Trinajstić information content (AvgIpc) is 3.38. The summed E-state index contributed by atoms with van der Waals surface area (Å²) in [7, 11) is 0. The predicted octanol–water partition coefficient (Wildman–Crippen LogP) is 8.27. The lowest BCUT2D eigenvalue weighted by Crippen LogP contribution is -2.43. The standard InChI is InChI=1S/C31H32O2S/c1-29(2)16-30(3,4)18-31(17-29)24-9-6-5-8-20(24)28-23-12-19(15-32)21(27-10-7-11-34-27)13-22(23)26(33)14-25(28)31/h5-14,32-33H,15-18H2,1-4H3. The number of aromatic hydroxyl groups is 1. The number of benzene rings is 3. The lowest BCUT2D eigenvalue weighted by molar-refractivity contribution is 0.0645. The molecule has 0 amide bonds. The molecule has 0 saturated heterocycles. The molecule has 0 aliphatic heterocycles. The molecule has 4 aromatic rings. The highest BCUT2D eigenvalue weighted by molar-refractivity contribution is 7.13. The first kappa shape index (κ1) is 21.9.